The number of alkyl halides is 3. The standard InChI is InChI=1S/C21H26F3N5O2S/c1-27-8-2-3-16(27)19(31)28-9-6-18(30)25-7-10-29(12-11-28)20-26-15-13-14(21(22,23)24)4-5-17(15)32-20/h4-5,13,16H,2-3,6-12H2,1H3,(H,25,30). The first-order valence-electron chi connectivity index (χ1n) is 10.7. The molecule has 3 heterocycles. The van der Waals surface area contributed by atoms with E-state index in [4.69, 9.17) is 0 Å². The lowest BCUT2D eigenvalue weighted by molar-refractivity contribution is -0.138. The third-order valence-electron chi connectivity index (χ3n) is 6.04. The summed E-state index contributed by atoms with van der Waals surface area (Å²) >= 11 is 1.31. The van der Waals surface area contributed by atoms with Crippen molar-refractivity contribution in [1.82, 2.24) is 20.1 Å². The molecule has 7 nitrogen and oxygen atoms in total. The summed E-state index contributed by atoms with van der Waals surface area (Å²) in [6, 6.07) is 3.39. The number of halogens is 3. The van der Waals surface area contributed by atoms with Gasteiger partial charge in [0.1, 0.15) is 0 Å². The smallest absolute Gasteiger partial charge is 0.354 e. The predicted octanol–water partition coefficient (Wildman–Crippen LogP) is 2.56. The van der Waals surface area contributed by atoms with E-state index >= 15 is 0 Å². The summed E-state index contributed by atoms with van der Waals surface area (Å²) in [7, 11) is 1.94. The van der Waals surface area contributed by atoms with Crippen LogP contribution in [0.3, 0.4) is 0 Å². The summed E-state index contributed by atoms with van der Waals surface area (Å²) in [4.78, 5) is 35.4. The highest BCUT2D eigenvalue weighted by Crippen LogP contribution is 2.35. The van der Waals surface area contributed by atoms with Crippen LogP contribution < -0.4 is 10.2 Å². The van der Waals surface area contributed by atoms with Gasteiger partial charge in [0, 0.05) is 39.1 Å². The number of nitrogens with zero attached hydrogens (tertiary/aromatic N) is 4. The Morgan fingerprint density at radius 2 is 2.00 bits per heavy atom. The van der Waals surface area contributed by atoms with Crippen LogP contribution in [-0.2, 0) is 15.8 Å². The zero-order chi connectivity index (χ0) is 22.9. The molecule has 0 saturated carbocycles. The number of likely N-dealkylation sites (tertiary alicyclic amines) is 1. The molecule has 0 spiro atoms. The molecule has 2 amide bonds. The Morgan fingerprint density at radius 3 is 2.72 bits per heavy atom. The van der Waals surface area contributed by atoms with Crippen LogP contribution in [0.5, 0.6) is 0 Å². The second-order valence-electron chi connectivity index (χ2n) is 8.23. The normalized spacial score (nSPS) is 21.8. The van der Waals surface area contributed by atoms with Crippen LogP contribution in [0.1, 0.15) is 24.8 Å². The van der Waals surface area contributed by atoms with Gasteiger partial charge in [0.15, 0.2) is 5.13 Å². The Bertz CT molecular complexity index is 995. The van der Waals surface area contributed by atoms with Gasteiger partial charge in [-0.1, -0.05) is 11.3 Å². The minimum absolute atomic E-state index is 0.0254. The van der Waals surface area contributed by atoms with Crippen LogP contribution in [-0.4, -0.2) is 79.0 Å². The van der Waals surface area contributed by atoms with Crippen molar-refractivity contribution >= 4 is 38.5 Å². The van der Waals surface area contributed by atoms with Crippen LogP contribution in [0.4, 0.5) is 18.3 Å². The molecular formula is C21H26F3N5O2S. The maximum absolute atomic E-state index is 13.1. The minimum Gasteiger partial charge on any atom is -0.354 e. The van der Waals surface area contributed by atoms with Crippen LogP contribution in [0.2, 0.25) is 0 Å². The average molecular weight is 470 g/mol. The number of aromatic nitrogens is 1. The van der Waals surface area contributed by atoms with E-state index in [9.17, 15) is 22.8 Å². The monoisotopic (exact) mass is 469 g/mol. The third-order valence-corrected chi connectivity index (χ3v) is 7.14. The summed E-state index contributed by atoms with van der Waals surface area (Å²) in [5.74, 6) is -0.0963. The van der Waals surface area contributed by atoms with Crippen LogP contribution in [0, 0.1) is 0 Å². The molecule has 2 saturated heterocycles. The van der Waals surface area contributed by atoms with E-state index in [1.165, 1.54) is 17.4 Å². The highest BCUT2D eigenvalue weighted by molar-refractivity contribution is 7.22. The molecule has 1 unspecified atom stereocenters. The van der Waals surface area contributed by atoms with Gasteiger partial charge in [-0.3, -0.25) is 14.5 Å². The molecule has 4 rings (SSSR count). The first kappa shape index (κ1) is 22.8. The zero-order valence-electron chi connectivity index (χ0n) is 17.8. The fourth-order valence-electron chi connectivity index (χ4n) is 4.19. The van der Waals surface area contributed by atoms with Crippen molar-refractivity contribution in [3.8, 4) is 0 Å². The summed E-state index contributed by atoms with van der Waals surface area (Å²) in [6.45, 7) is 3.01. The van der Waals surface area contributed by atoms with Gasteiger partial charge < -0.3 is 15.1 Å². The fourth-order valence-corrected chi connectivity index (χ4v) is 5.19. The Morgan fingerprint density at radius 1 is 1.19 bits per heavy atom. The summed E-state index contributed by atoms with van der Waals surface area (Å²) in [6.07, 6.45) is -2.39. The van der Waals surface area contributed by atoms with Crippen molar-refractivity contribution in [3.63, 3.8) is 0 Å². The van der Waals surface area contributed by atoms with Gasteiger partial charge in [-0.15, -0.1) is 0 Å². The van der Waals surface area contributed by atoms with Crippen molar-refractivity contribution in [2.24, 2.45) is 0 Å². The number of carbonyl (C=O) groups excluding carboxylic acids is 2. The largest absolute Gasteiger partial charge is 0.416 e. The highest BCUT2D eigenvalue weighted by atomic mass is 32.1. The summed E-state index contributed by atoms with van der Waals surface area (Å²) < 4.78 is 39.8. The zero-order valence-corrected chi connectivity index (χ0v) is 18.6. The third kappa shape index (κ3) is 4.98. The van der Waals surface area contributed by atoms with E-state index in [2.05, 4.69) is 10.3 Å². The molecule has 2 aromatic rings. The number of hydrogen-bond donors (Lipinski definition) is 1. The van der Waals surface area contributed by atoms with Crippen molar-refractivity contribution in [3.05, 3.63) is 23.8 Å². The first-order valence-corrected chi connectivity index (χ1v) is 11.5. The van der Waals surface area contributed by atoms with Gasteiger partial charge in [-0.2, -0.15) is 13.2 Å². The Labute approximate surface area is 188 Å². The van der Waals surface area contributed by atoms with Gasteiger partial charge in [-0.25, -0.2) is 4.98 Å². The summed E-state index contributed by atoms with van der Waals surface area (Å²) in [5, 5.41) is 3.43. The molecule has 0 bridgehead atoms. The highest BCUT2D eigenvalue weighted by Gasteiger charge is 2.33. The molecule has 1 atom stereocenters. The molecule has 32 heavy (non-hydrogen) atoms. The maximum atomic E-state index is 13.1. The Kier molecular flexibility index (Phi) is 6.57. The molecule has 1 N–H and O–H groups in total. The quantitative estimate of drug-likeness (QED) is 0.732. The van der Waals surface area contributed by atoms with Gasteiger partial charge in [-0.05, 0) is 44.6 Å². The molecule has 0 aliphatic carbocycles. The molecule has 11 heteroatoms. The molecule has 1 aromatic carbocycles. The number of anilines is 1. The maximum Gasteiger partial charge on any atom is 0.416 e. The van der Waals surface area contributed by atoms with Crippen molar-refractivity contribution < 1.29 is 22.8 Å². The topological polar surface area (TPSA) is 68.8 Å². The van der Waals surface area contributed by atoms with Crippen molar-refractivity contribution in [1.29, 1.82) is 0 Å². The van der Waals surface area contributed by atoms with E-state index in [0.29, 0.717) is 48.1 Å². The number of amides is 2. The molecule has 174 valence electrons. The second-order valence-corrected chi connectivity index (χ2v) is 9.24. The van der Waals surface area contributed by atoms with Crippen LogP contribution >= 0.6 is 11.3 Å². The van der Waals surface area contributed by atoms with E-state index in [1.54, 1.807) is 4.90 Å². The number of benzene rings is 1. The number of carbonyl (C=O) groups is 2. The minimum atomic E-state index is -4.42. The molecule has 1 aromatic heterocycles. The van der Waals surface area contributed by atoms with E-state index in [-0.39, 0.29) is 24.3 Å². The lowest BCUT2D eigenvalue weighted by atomic mass is 10.2. The first-order chi connectivity index (χ1) is 15.2. The number of thiazole rings is 1. The van der Waals surface area contributed by atoms with Gasteiger partial charge in [0.25, 0.3) is 0 Å². The fraction of sp³-hybridized carbons (Fsp3) is 0.571. The number of fused-ring (bicyclic) bond motifs is 1. The van der Waals surface area contributed by atoms with Crippen LogP contribution in [0.15, 0.2) is 18.2 Å². The van der Waals surface area contributed by atoms with E-state index in [1.807, 2.05) is 16.8 Å². The number of hydrogen-bond acceptors (Lipinski definition) is 6. The van der Waals surface area contributed by atoms with E-state index in [0.717, 1.165) is 31.5 Å². The molecule has 2 aliphatic rings. The molecule has 0 radical (unpaired) electrons. The summed E-state index contributed by atoms with van der Waals surface area (Å²) in [5.41, 5.74) is -0.436. The Hall–Kier alpha value is -2.40. The Balaban J connectivity index is 1.55. The van der Waals surface area contributed by atoms with Gasteiger partial charge in [0.2, 0.25) is 11.8 Å². The number of nitrogens with one attached hydrogen (secondary N) is 1. The van der Waals surface area contributed by atoms with Crippen molar-refractivity contribution in [2.45, 2.75) is 31.5 Å². The lowest BCUT2D eigenvalue weighted by Crippen LogP contribution is -2.49. The number of likely N-dealkylation sites (N-methyl/N-ethyl adjacent to an activating group) is 1. The lowest BCUT2D eigenvalue weighted by Gasteiger charge is -2.32. The molecular weight excluding hydrogens is 443 g/mol. The molecule has 2 fully saturated rings. The SMILES string of the molecule is CN1CCCC1C(=O)N1CCC(=O)NCCN(c2nc3cc(C(F)(F)F)ccc3s2)CC1. The number of rotatable bonds is 2. The van der Waals surface area contributed by atoms with Gasteiger partial charge >= 0.3 is 6.18 Å². The van der Waals surface area contributed by atoms with Crippen LogP contribution in [0.25, 0.3) is 10.2 Å². The van der Waals surface area contributed by atoms with Gasteiger partial charge in [0.05, 0.1) is 21.8 Å². The second kappa shape index (κ2) is 9.22. The van der Waals surface area contributed by atoms with Crippen molar-refractivity contribution in [2.75, 3.05) is 51.2 Å². The predicted molar refractivity (Wildman–Crippen MR) is 117 cm³/mol. The van der Waals surface area contributed by atoms with E-state index < -0.39 is 11.7 Å². The molecule has 2 aliphatic heterocycles. The average Bonchev–Trinajstić information content (AvgIpc) is 3.36.